The van der Waals surface area contributed by atoms with Crippen LogP contribution in [0.25, 0.3) is 0 Å². The zero-order valence-corrected chi connectivity index (χ0v) is 15.6. The first-order valence-corrected chi connectivity index (χ1v) is 8.90. The topological polar surface area (TPSA) is 95.7 Å². The van der Waals surface area contributed by atoms with Gasteiger partial charge in [-0.1, -0.05) is 13.8 Å². The van der Waals surface area contributed by atoms with Crippen molar-refractivity contribution in [2.24, 2.45) is 5.92 Å². The number of carboxylic acids is 1. The van der Waals surface area contributed by atoms with Crippen molar-refractivity contribution < 1.29 is 19.8 Å². The van der Waals surface area contributed by atoms with E-state index in [2.05, 4.69) is 18.9 Å². The number of aliphatic hydroxyl groups is 1. The van der Waals surface area contributed by atoms with Crippen LogP contribution in [0.4, 0.5) is 0 Å². The number of rotatable bonds is 6. The molecule has 1 amide bonds. The van der Waals surface area contributed by atoms with Crippen molar-refractivity contribution in [2.75, 3.05) is 13.1 Å². The van der Waals surface area contributed by atoms with Crippen molar-refractivity contribution in [1.29, 1.82) is 0 Å². The zero-order chi connectivity index (χ0) is 18.8. The van der Waals surface area contributed by atoms with Gasteiger partial charge in [0.05, 0.1) is 5.69 Å². The number of aliphatic carboxylic acids is 1. The maximum atomic E-state index is 12.4. The molecule has 1 fully saturated rings. The van der Waals surface area contributed by atoms with Gasteiger partial charge in [-0.3, -0.25) is 9.48 Å². The second-order valence-corrected chi connectivity index (χ2v) is 7.44. The van der Waals surface area contributed by atoms with E-state index in [0.29, 0.717) is 18.8 Å². The number of likely N-dealkylation sites (tertiary alicyclic amines) is 1. The molecule has 1 saturated heterocycles. The van der Waals surface area contributed by atoms with Crippen LogP contribution in [0.2, 0.25) is 0 Å². The highest BCUT2D eigenvalue weighted by molar-refractivity contribution is 5.79. The van der Waals surface area contributed by atoms with Crippen LogP contribution in [0.1, 0.15) is 50.1 Å². The summed E-state index contributed by atoms with van der Waals surface area (Å²) < 4.78 is 2.01. The minimum atomic E-state index is -1.69. The van der Waals surface area contributed by atoms with Crippen LogP contribution in [0.15, 0.2) is 0 Å². The first-order chi connectivity index (χ1) is 11.6. The first-order valence-electron chi connectivity index (χ1n) is 8.90. The average molecular weight is 351 g/mol. The van der Waals surface area contributed by atoms with E-state index in [1.54, 1.807) is 4.90 Å². The summed E-state index contributed by atoms with van der Waals surface area (Å²) in [5, 5.41) is 23.6. The number of aryl methyl sites for hydroxylation is 1. The van der Waals surface area contributed by atoms with E-state index in [1.165, 1.54) is 0 Å². The van der Waals surface area contributed by atoms with Gasteiger partial charge in [-0.2, -0.15) is 5.10 Å². The zero-order valence-electron chi connectivity index (χ0n) is 15.6. The Morgan fingerprint density at radius 3 is 2.36 bits per heavy atom. The van der Waals surface area contributed by atoms with E-state index in [4.69, 9.17) is 5.11 Å². The van der Waals surface area contributed by atoms with Gasteiger partial charge in [-0.05, 0) is 31.7 Å². The van der Waals surface area contributed by atoms with Gasteiger partial charge in [0.1, 0.15) is 0 Å². The molecule has 1 aromatic rings. The lowest BCUT2D eigenvalue weighted by Gasteiger charge is -2.35. The van der Waals surface area contributed by atoms with E-state index in [9.17, 15) is 14.7 Å². The third kappa shape index (κ3) is 4.39. The molecule has 25 heavy (non-hydrogen) atoms. The first kappa shape index (κ1) is 19.4. The lowest BCUT2D eigenvalue weighted by atomic mass is 9.91. The van der Waals surface area contributed by atoms with Crippen molar-refractivity contribution in [1.82, 2.24) is 14.7 Å². The summed E-state index contributed by atoms with van der Waals surface area (Å²) in [4.78, 5) is 25.1. The van der Waals surface area contributed by atoms with Crippen LogP contribution in [0, 0.1) is 19.8 Å². The number of hydrogen-bond acceptors (Lipinski definition) is 4. The second-order valence-electron chi connectivity index (χ2n) is 7.44. The summed E-state index contributed by atoms with van der Waals surface area (Å²) in [5.74, 6) is -0.694. The third-order valence-corrected chi connectivity index (χ3v) is 5.00. The Labute approximate surface area is 148 Å². The molecule has 0 unspecified atom stereocenters. The number of hydrogen-bond donors (Lipinski definition) is 2. The predicted molar refractivity (Wildman–Crippen MR) is 93.3 cm³/mol. The smallest absolute Gasteiger partial charge is 0.335 e. The highest BCUT2D eigenvalue weighted by atomic mass is 16.4. The number of nitrogens with zero attached hydrogens (tertiary/aromatic N) is 3. The average Bonchev–Trinajstić information content (AvgIpc) is 2.79. The maximum absolute atomic E-state index is 12.4. The molecule has 0 radical (unpaired) electrons. The molecule has 0 atom stereocenters. The summed E-state index contributed by atoms with van der Waals surface area (Å²) in [7, 11) is 0. The van der Waals surface area contributed by atoms with Crippen LogP contribution < -0.4 is 0 Å². The SMILES string of the molecule is Cc1nn(CC(C)C)c(C)c1CCC(=O)N1CCC(O)(C(=O)O)CC1. The van der Waals surface area contributed by atoms with Gasteiger partial charge < -0.3 is 15.1 Å². The number of carboxylic acid groups (broad SMARTS) is 1. The Hall–Kier alpha value is -1.89. The molecular weight excluding hydrogens is 322 g/mol. The van der Waals surface area contributed by atoms with Gasteiger partial charge in [0.25, 0.3) is 0 Å². The van der Waals surface area contributed by atoms with Crippen molar-refractivity contribution in [3.63, 3.8) is 0 Å². The number of aromatic nitrogens is 2. The van der Waals surface area contributed by atoms with Gasteiger partial charge in [-0.25, -0.2) is 4.79 Å². The molecule has 0 bridgehead atoms. The largest absolute Gasteiger partial charge is 0.479 e. The molecule has 0 saturated carbocycles. The molecule has 2 rings (SSSR count). The summed E-state index contributed by atoms with van der Waals surface area (Å²) in [6.45, 7) is 9.73. The molecule has 1 aliphatic heterocycles. The number of carbonyl (C=O) groups is 2. The lowest BCUT2D eigenvalue weighted by molar-refractivity contribution is -0.165. The molecule has 2 heterocycles. The van der Waals surface area contributed by atoms with Gasteiger partial charge in [-0.15, -0.1) is 0 Å². The highest BCUT2D eigenvalue weighted by Gasteiger charge is 2.40. The molecule has 7 heteroatoms. The van der Waals surface area contributed by atoms with E-state index < -0.39 is 11.6 Å². The molecule has 0 aliphatic carbocycles. The highest BCUT2D eigenvalue weighted by Crippen LogP contribution is 2.23. The number of carbonyl (C=O) groups excluding carboxylic acids is 1. The molecule has 0 aromatic carbocycles. The normalized spacial score (nSPS) is 17.1. The molecule has 1 aliphatic rings. The standard InChI is InChI=1S/C18H29N3O4/c1-12(2)11-21-14(4)15(13(3)19-21)5-6-16(22)20-9-7-18(25,8-10-20)17(23)24/h12,25H,5-11H2,1-4H3,(H,23,24). The van der Waals surface area contributed by atoms with E-state index in [-0.39, 0.29) is 31.8 Å². The summed E-state index contributed by atoms with van der Waals surface area (Å²) in [6.07, 6.45) is 1.17. The monoisotopic (exact) mass is 351 g/mol. The van der Waals surface area contributed by atoms with Crippen molar-refractivity contribution in [2.45, 2.75) is 65.5 Å². The molecular formula is C18H29N3O4. The Kier molecular flexibility index (Phi) is 5.87. The minimum absolute atomic E-state index is 0.00264. The fourth-order valence-electron chi connectivity index (χ4n) is 3.35. The van der Waals surface area contributed by atoms with E-state index >= 15 is 0 Å². The third-order valence-electron chi connectivity index (χ3n) is 5.00. The van der Waals surface area contributed by atoms with Crippen LogP contribution in [0.3, 0.4) is 0 Å². The quantitative estimate of drug-likeness (QED) is 0.810. The molecule has 2 N–H and O–H groups in total. The Bertz CT molecular complexity index is 643. The van der Waals surface area contributed by atoms with Crippen molar-refractivity contribution in [3.05, 3.63) is 17.0 Å². The summed E-state index contributed by atoms with van der Waals surface area (Å²) in [6, 6.07) is 0. The Balaban J connectivity index is 1.93. The van der Waals surface area contributed by atoms with Crippen LogP contribution in [-0.2, 0) is 22.6 Å². The fourth-order valence-corrected chi connectivity index (χ4v) is 3.35. The maximum Gasteiger partial charge on any atom is 0.335 e. The molecule has 140 valence electrons. The Morgan fingerprint density at radius 2 is 1.84 bits per heavy atom. The summed E-state index contributed by atoms with van der Waals surface area (Å²) in [5.41, 5.74) is 1.50. The van der Waals surface area contributed by atoms with Gasteiger partial charge in [0.2, 0.25) is 5.91 Å². The summed E-state index contributed by atoms with van der Waals surface area (Å²) >= 11 is 0. The van der Waals surface area contributed by atoms with Gasteiger partial charge in [0, 0.05) is 44.6 Å². The predicted octanol–water partition coefficient (Wildman–Crippen LogP) is 1.53. The van der Waals surface area contributed by atoms with Crippen LogP contribution in [0.5, 0.6) is 0 Å². The lowest BCUT2D eigenvalue weighted by Crippen LogP contribution is -2.50. The Morgan fingerprint density at radius 1 is 1.24 bits per heavy atom. The molecule has 1 aromatic heterocycles. The van der Waals surface area contributed by atoms with Gasteiger partial charge >= 0.3 is 5.97 Å². The second kappa shape index (κ2) is 7.56. The minimum Gasteiger partial charge on any atom is -0.479 e. The van der Waals surface area contributed by atoms with Gasteiger partial charge in [0.15, 0.2) is 5.60 Å². The molecule has 7 nitrogen and oxygen atoms in total. The van der Waals surface area contributed by atoms with E-state index in [1.807, 2.05) is 18.5 Å². The number of amides is 1. The van der Waals surface area contributed by atoms with Crippen molar-refractivity contribution in [3.8, 4) is 0 Å². The molecule has 0 spiro atoms. The van der Waals surface area contributed by atoms with E-state index in [0.717, 1.165) is 23.5 Å². The number of piperidine rings is 1. The van der Waals surface area contributed by atoms with Crippen LogP contribution in [-0.4, -0.2) is 55.5 Å². The van der Waals surface area contributed by atoms with Crippen molar-refractivity contribution >= 4 is 11.9 Å². The fraction of sp³-hybridized carbons (Fsp3) is 0.722. The van der Waals surface area contributed by atoms with Crippen LogP contribution >= 0.6 is 0 Å².